The molecule has 1 saturated heterocycles. The third kappa shape index (κ3) is 3.38. The van der Waals surface area contributed by atoms with Crippen molar-refractivity contribution in [3.63, 3.8) is 0 Å². The quantitative estimate of drug-likeness (QED) is 0.842. The first-order valence-corrected chi connectivity index (χ1v) is 8.90. The lowest BCUT2D eigenvalue weighted by Gasteiger charge is -2.29. The highest BCUT2D eigenvalue weighted by Crippen LogP contribution is 2.20. The number of nitrogens with one attached hydrogen (secondary N) is 1. The van der Waals surface area contributed by atoms with E-state index >= 15 is 0 Å². The summed E-state index contributed by atoms with van der Waals surface area (Å²) in [5, 5.41) is 4.89. The summed E-state index contributed by atoms with van der Waals surface area (Å²) >= 11 is 1.17. The van der Waals surface area contributed by atoms with Crippen LogP contribution in [0.4, 0.5) is 0 Å². The first kappa shape index (κ1) is 15.4. The van der Waals surface area contributed by atoms with Crippen LogP contribution in [0, 0.1) is 0 Å². The van der Waals surface area contributed by atoms with Crippen LogP contribution >= 0.6 is 11.3 Å². The molecule has 0 spiro atoms. The molecule has 0 aliphatic carbocycles. The molecule has 0 unspecified atom stereocenters. The fraction of sp³-hybridized carbons (Fsp3) is 0.583. The van der Waals surface area contributed by atoms with Gasteiger partial charge in [0.25, 0.3) is 10.0 Å². The Balaban J connectivity index is 2.07. The fourth-order valence-electron chi connectivity index (χ4n) is 2.07. The number of hydrogen-bond donors (Lipinski definition) is 1. The maximum absolute atomic E-state index is 12.4. The Hall–Kier alpha value is -0.960. The number of amides is 1. The summed E-state index contributed by atoms with van der Waals surface area (Å²) in [7, 11) is -3.55. The van der Waals surface area contributed by atoms with Gasteiger partial charge in [0.15, 0.2) is 0 Å². The standard InChI is InChI=1S/C12H19N3O3S2/c1-2-15(20(17,18)12-4-3-9-19-12)10-11(16)14-7-5-13-6-8-14/h3-4,9,13H,2,5-8,10H2,1H3. The van der Waals surface area contributed by atoms with Crippen molar-refractivity contribution in [2.75, 3.05) is 39.3 Å². The minimum atomic E-state index is -3.55. The Labute approximate surface area is 123 Å². The summed E-state index contributed by atoms with van der Waals surface area (Å²) in [6.07, 6.45) is 0. The van der Waals surface area contributed by atoms with Crippen molar-refractivity contribution in [1.29, 1.82) is 0 Å². The van der Waals surface area contributed by atoms with Crippen LogP contribution in [0.15, 0.2) is 21.7 Å². The molecule has 0 saturated carbocycles. The molecule has 2 heterocycles. The molecule has 1 amide bonds. The lowest BCUT2D eigenvalue weighted by molar-refractivity contribution is -0.131. The van der Waals surface area contributed by atoms with Gasteiger partial charge in [-0.05, 0) is 11.4 Å². The summed E-state index contributed by atoms with van der Waals surface area (Å²) in [4.78, 5) is 13.9. The number of carbonyl (C=O) groups is 1. The minimum absolute atomic E-state index is 0.0866. The molecule has 0 radical (unpaired) electrons. The molecule has 1 aliphatic rings. The van der Waals surface area contributed by atoms with Crippen molar-refractivity contribution >= 4 is 27.3 Å². The minimum Gasteiger partial charge on any atom is -0.339 e. The van der Waals surface area contributed by atoms with E-state index in [1.54, 1.807) is 29.3 Å². The van der Waals surface area contributed by atoms with Crippen LogP contribution in [0.2, 0.25) is 0 Å². The van der Waals surface area contributed by atoms with Crippen molar-refractivity contribution in [2.24, 2.45) is 0 Å². The molecule has 1 aromatic rings. The zero-order valence-corrected chi connectivity index (χ0v) is 13.0. The highest BCUT2D eigenvalue weighted by molar-refractivity contribution is 7.91. The third-order valence-electron chi connectivity index (χ3n) is 3.22. The molecule has 1 N–H and O–H groups in total. The van der Waals surface area contributed by atoms with Gasteiger partial charge in [-0.2, -0.15) is 4.31 Å². The maximum Gasteiger partial charge on any atom is 0.253 e. The van der Waals surface area contributed by atoms with Crippen molar-refractivity contribution in [1.82, 2.24) is 14.5 Å². The Bertz CT molecular complexity index is 536. The Kier molecular flexibility index (Phi) is 5.14. The lowest BCUT2D eigenvalue weighted by atomic mass is 10.3. The zero-order chi connectivity index (χ0) is 14.6. The molecule has 1 aromatic heterocycles. The Morgan fingerprint density at radius 1 is 1.45 bits per heavy atom. The van der Waals surface area contributed by atoms with Crippen LogP contribution in [0.25, 0.3) is 0 Å². The second-order valence-electron chi connectivity index (χ2n) is 4.49. The van der Waals surface area contributed by atoms with Gasteiger partial charge in [-0.1, -0.05) is 13.0 Å². The first-order chi connectivity index (χ1) is 9.55. The van der Waals surface area contributed by atoms with Crippen molar-refractivity contribution < 1.29 is 13.2 Å². The average Bonchev–Trinajstić information content (AvgIpc) is 3.00. The molecule has 0 aromatic carbocycles. The molecule has 1 fully saturated rings. The number of carbonyl (C=O) groups excluding carboxylic acids is 1. The molecule has 112 valence electrons. The molecule has 6 nitrogen and oxygen atoms in total. The zero-order valence-electron chi connectivity index (χ0n) is 11.4. The summed E-state index contributed by atoms with van der Waals surface area (Å²) in [6, 6.07) is 3.27. The van der Waals surface area contributed by atoms with Crippen LogP contribution < -0.4 is 5.32 Å². The lowest BCUT2D eigenvalue weighted by Crippen LogP contribution is -2.50. The number of piperazine rings is 1. The topological polar surface area (TPSA) is 69.7 Å². The maximum atomic E-state index is 12.4. The van der Waals surface area contributed by atoms with Gasteiger partial charge in [-0.25, -0.2) is 8.42 Å². The summed E-state index contributed by atoms with van der Waals surface area (Å²) in [5.41, 5.74) is 0. The van der Waals surface area contributed by atoms with Gasteiger partial charge in [0.05, 0.1) is 6.54 Å². The van der Waals surface area contributed by atoms with Gasteiger partial charge >= 0.3 is 0 Å². The molecule has 8 heteroatoms. The molecular formula is C12H19N3O3S2. The Morgan fingerprint density at radius 2 is 2.15 bits per heavy atom. The van der Waals surface area contributed by atoms with Gasteiger partial charge in [0.1, 0.15) is 4.21 Å². The molecule has 2 rings (SSSR count). The van der Waals surface area contributed by atoms with Crippen molar-refractivity contribution in [3.05, 3.63) is 17.5 Å². The molecule has 0 bridgehead atoms. The normalized spacial score (nSPS) is 16.6. The first-order valence-electron chi connectivity index (χ1n) is 6.58. The van der Waals surface area contributed by atoms with E-state index in [1.165, 1.54) is 15.6 Å². The second kappa shape index (κ2) is 6.66. The SMILES string of the molecule is CCN(CC(=O)N1CCNCC1)S(=O)(=O)c1cccs1. The van der Waals surface area contributed by atoms with E-state index in [9.17, 15) is 13.2 Å². The van der Waals surface area contributed by atoms with E-state index in [2.05, 4.69) is 5.32 Å². The van der Waals surface area contributed by atoms with Crippen LogP contribution in [0.1, 0.15) is 6.92 Å². The monoisotopic (exact) mass is 317 g/mol. The second-order valence-corrected chi connectivity index (χ2v) is 7.61. The van der Waals surface area contributed by atoms with Crippen LogP contribution in [-0.2, 0) is 14.8 Å². The van der Waals surface area contributed by atoms with E-state index in [0.717, 1.165) is 13.1 Å². The third-order valence-corrected chi connectivity index (χ3v) is 6.52. The smallest absolute Gasteiger partial charge is 0.253 e. The van der Waals surface area contributed by atoms with E-state index in [4.69, 9.17) is 0 Å². The number of rotatable bonds is 5. The number of hydrogen-bond acceptors (Lipinski definition) is 5. The number of thiophene rings is 1. The highest BCUT2D eigenvalue weighted by Gasteiger charge is 2.28. The van der Waals surface area contributed by atoms with Crippen LogP contribution in [0.5, 0.6) is 0 Å². The molecule has 1 aliphatic heterocycles. The molecule has 20 heavy (non-hydrogen) atoms. The van der Waals surface area contributed by atoms with E-state index in [1.807, 2.05) is 0 Å². The van der Waals surface area contributed by atoms with Gasteiger partial charge < -0.3 is 10.2 Å². The number of nitrogens with zero attached hydrogens (tertiary/aromatic N) is 2. The largest absolute Gasteiger partial charge is 0.339 e. The van der Waals surface area contributed by atoms with E-state index < -0.39 is 10.0 Å². The summed E-state index contributed by atoms with van der Waals surface area (Å²) in [5.74, 6) is -0.131. The fourth-order valence-corrected chi connectivity index (χ4v) is 4.61. The number of sulfonamides is 1. The van der Waals surface area contributed by atoms with E-state index in [0.29, 0.717) is 13.1 Å². The predicted octanol–water partition coefficient (Wildman–Crippen LogP) is 0.190. The number of likely N-dealkylation sites (N-methyl/N-ethyl adjacent to an activating group) is 1. The van der Waals surface area contributed by atoms with Gasteiger partial charge in [-0.3, -0.25) is 4.79 Å². The summed E-state index contributed by atoms with van der Waals surface area (Å²) < 4.78 is 26.3. The van der Waals surface area contributed by atoms with Crippen molar-refractivity contribution in [2.45, 2.75) is 11.1 Å². The molecule has 0 atom stereocenters. The predicted molar refractivity (Wildman–Crippen MR) is 78.2 cm³/mol. The highest BCUT2D eigenvalue weighted by atomic mass is 32.2. The molecular weight excluding hydrogens is 298 g/mol. The van der Waals surface area contributed by atoms with Gasteiger partial charge in [0, 0.05) is 32.7 Å². The van der Waals surface area contributed by atoms with Gasteiger partial charge in [0.2, 0.25) is 5.91 Å². The van der Waals surface area contributed by atoms with E-state index in [-0.39, 0.29) is 23.2 Å². The van der Waals surface area contributed by atoms with Crippen LogP contribution in [0.3, 0.4) is 0 Å². The average molecular weight is 317 g/mol. The Morgan fingerprint density at radius 3 is 2.70 bits per heavy atom. The van der Waals surface area contributed by atoms with Crippen molar-refractivity contribution in [3.8, 4) is 0 Å². The summed E-state index contributed by atoms with van der Waals surface area (Å²) in [6.45, 7) is 4.74. The van der Waals surface area contributed by atoms with Gasteiger partial charge in [-0.15, -0.1) is 11.3 Å². The van der Waals surface area contributed by atoms with Crippen LogP contribution in [-0.4, -0.2) is 62.8 Å².